The Labute approximate surface area is 178 Å². The van der Waals surface area contributed by atoms with Crippen molar-refractivity contribution in [1.82, 2.24) is 19.9 Å². The summed E-state index contributed by atoms with van der Waals surface area (Å²) in [5.41, 5.74) is 4.96. The molecule has 0 saturated heterocycles. The number of rotatable bonds is 5. The standard InChI is InChI=1S/C22H16Cl2N4O/c1-14-4-2-5-15(8-14)19-9-26-20(10-25-19)21-11-28-22(12-27-21)29-13-16-17(23)6-3-7-18(16)24/h2-12H,13H2,1H3. The molecule has 0 bridgehead atoms. The lowest BCUT2D eigenvalue weighted by molar-refractivity contribution is 0.292. The van der Waals surface area contributed by atoms with Gasteiger partial charge in [0, 0.05) is 21.2 Å². The highest BCUT2D eigenvalue weighted by Crippen LogP contribution is 2.26. The van der Waals surface area contributed by atoms with E-state index in [0.29, 0.717) is 32.9 Å². The first-order valence-corrected chi connectivity index (χ1v) is 9.63. The van der Waals surface area contributed by atoms with Crippen molar-refractivity contribution in [3.63, 3.8) is 0 Å². The number of aromatic nitrogens is 4. The van der Waals surface area contributed by atoms with Crippen molar-refractivity contribution < 1.29 is 4.74 Å². The predicted octanol–water partition coefficient (Wildman–Crippen LogP) is 5.79. The average Bonchev–Trinajstić information content (AvgIpc) is 2.74. The van der Waals surface area contributed by atoms with Gasteiger partial charge in [-0.3, -0.25) is 9.97 Å². The highest BCUT2D eigenvalue weighted by molar-refractivity contribution is 6.35. The molecule has 0 aliphatic heterocycles. The number of nitrogens with zero attached hydrogens (tertiary/aromatic N) is 4. The summed E-state index contributed by atoms with van der Waals surface area (Å²) in [6, 6.07) is 13.4. The second-order valence-corrected chi connectivity index (χ2v) is 7.20. The van der Waals surface area contributed by atoms with Crippen molar-refractivity contribution in [3.8, 4) is 28.5 Å². The van der Waals surface area contributed by atoms with Gasteiger partial charge >= 0.3 is 0 Å². The molecule has 0 aliphatic rings. The van der Waals surface area contributed by atoms with Gasteiger partial charge in [0.05, 0.1) is 30.5 Å². The normalized spacial score (nSPS) is 10.7. The zero-order chi connectivity index (χ0) is 20.2. The number of benzene rings is 2. The van der Waals surface area contributed by atoms with Gasteiger partial charge < -0.3 is 4.74 Å². The van der Waals surface area contributed by atoms with Crippen LogP contribution in [0.1, 0.15) is 11.1 Å². The maximum absolute atomic E-state index is 6.15. The second kappa shape index (κ2) is 8.55. The van der Waals surface area contributed by atoms with E-state index in [9.17, 15) is 0 Å². The monoisotopic (exact) mass is 422 g/mol. The summed E-state index contributed by atoms with van der Waals surface area (Å²) >= 11 is 12.3. The van der Waals surface area contributed by atoms with Crippen LogP contribution in [-0.4, -0.2) is 19.9 Å². The van der Waals surface area contributed by atoms with Crippen LogP contribution in [0.5, 0.6) is 5.88 Å². The summed E-state index contributed by atoms with van der Waals surface area (Å²) in [5, 5.41) is 1.09. The van der Waals surface area contributed by atoms with Crippen LogP contribution < -0.4 is 4.74 Å². The fraction of sp³-hybridized carbons (Fsp3) is 0.0909. The zero-order valence-electron chi connectivity index (χ0n) is 15.5. The van der Waals surface area contributed by atoms with Gasteiger partial charge in [0.2, 0.25) is 5.88 Å². The minimum Gasteiger partial charge on any atom is -0.472 e. The van der Waals surface area contributed by atoms with Crippen LogP contribution in [0.2, 0.25) is 10.0 Å². The topological polar surface area (TPSA) is 60.8 Å². The van der Waals surface area contributed by atoms with Crippen molar-refractivity contribution in [3.05, 3.63) is 88.4 Å². The van der Waals surface area contributed by atoms with Crippen LogP contribution in [0.15, 0.2) is 67.3 Å². The highest BCUT2D eigenvalue weighted by atomic mass is 35.5. The molecule has 0 aliphatic carbocycles. The molecule has 4 rings (SSSR count). The van der Waals surface area contributed by atoms with Gasteiger partial charge in [-0.1, -0.05) is 53.0 Å². The van der Waals surface area contributed by atoms with E-state index in [1.807, 2.05) is 25.1 Å². The Morgan fingerprint density at radius 2 is 1.38 bits per heavy atom. The summed E-state index contributed by atoms with van der Waals surface area (Å²) in [4.78, 5) is 17.6. The quantitative estimate of drug-likeness (QED) is 0.406. The molecule has 0 unspecified atom stereocenters. The Morgan fingerprint density at radius 1 is 0.759 bits per heavy atom. The van der Waals surface area contributed by atoms with Crippen LogP contribution in [-0.2, 0) is 6.61 Å². The zero-order valence-corrected chi connectivity index (χ0v) is 17.0. The first-order valence-electron chi connectivity index (χ1n) is 8.87. The van der Waals surface area contributed by atoms with Gasteiger partial charge in [0.25, 0.3) is 0 Å². The summed E-state index contributed by atoms with van der Waals surface area (Å²) in [7, 11) is 0. The van der Waals surface area contributed by atoms with Gasteiger partial charge in [-0.2, -0.15) is 0 Å². The predicted molar refractivity (Wildman–Crippen MR) is 114 cm³/mol. The largest absolute Gasteiger partial charge is 0.472 e. The molecule has 7 heteroatoms. The van der Waals surface area contributed by atoms with E-state index >= 15 is 0 Å². The number of hydrogen-bond acceptors (Lipinski definition) is 5. The molecule has 0 amide bonds. The summed E-state index contributed by atoms with van der Waals surface area (Å²) in [5.74, 6) is 0.370. The van der Waals surface area contributed by atoms with E-state index in [1.165, 1.54) is 11.8 Å². The number of ether oxygens (including phenoxy) is 1. The van der Waals surface area contributed by atoms with Crippen molar-refractivity contribution in [2.45, 2.75) is 13.5 Å². The molecule has 2 aromatic carbocycles. The number of halogens is 2. The molecule has 2 heterocycles. The van der Waals surface area contributed by atoms with E-state index in [2.05, 4.69) is 26.0 Å². The molecule has 144 valence electrons. The SMILES string of the molecule is Cc1cccc(-c2cnc(-c3cnc(OCc4c(Cl)cccc4Cl)cn3)cn2)c1. The maximum Gasteiger partial charge on any atom is 0.232 e. The fourth-order valence-electron chi connectivity index (χ4n) is 2.75. The van der Waals surface area contributed by atoms with Gasteiger partial charge in [-0.05, 0) is 25.1 Å². The van der Waals surface area contributed by atoms with Crippen molar-refractivity contribution >= 4 is 23.2 Å². The van der Waals surface area contributed by atoms with Crippen LogP contribution in [0, 0.1) is 6.92 Å². The van der Waals surface area contributed by atoms with E-state index in [0.717, 1.165) is 11.3 Å². The summed E-state index contributed by atoms with van der Waals surface area (Å²) in [6.45, 7) is 2.25. The molecule has 4 aromatic rings. The minimum absolute atomic E-state index is 0.206. The molecule has 0 radical (unpaired) electrons. The summed E-state index contributed by atoms with van der Waals surface area (Å²) in [6.07, 6.45) is 6.55. The molecule has 2 aromatic heterocycles. The smallest absolute Gasteiger partial charge is 0.232 e. The molecule has 0 atom stereocenters. The third-order valence-electron chi connectivity index (χ3n) is 4.28. The molecule has 0 spiro atoms. The maximum atomic E-state index is 6.15. The Kier molecular flexibility index (Phi) is 5.69. The molecule has 5 nitrogen and oxygen atoms in total. The second-order valence-electron chi connectivity index (χ2n) is 6.39. The van der Waals surface area contributed by atoms with E-state index in [4.69, 9.17) is 27.9 Å². The Bertz CT molecular complexity index is 1110. The van der Waals surface area contributed by atoms with Gasteiger partial charge in [-0.15, -0.1) is 0 Å². The molecule has 0 fully saturated rings. The lowest BCUT2D eigenvalue weighted by Gasteiger charge is -2.09. The Hall–Kier alpha value is -3.02. The Morgan fingerprint density at radius 3 is 2.00 bits per heavy atom. The van der Waals surface area contributed by atoms with Gasteiger partial charge in [-0.25, -0.2) is 9.97 Å². The van der Waals surface area contributed by atoms with Gasteiger partial charge in [0.1, 0.15) is 18.0 Å². The average molecular weight is 423 g/mol. The first kappa shape index (κ1) is 19.3. The molecular weight excluding hydrogens is 407 g/mol. The third-order valence-corrected chi connectivity index (χ3v) is 4.99. The molecule has 0 N–H and O–H groups in total. The number of hydrogen-bond donors (Lipinski definition) is 0. The Balaban J connectivity index is 1.46. The van der Waals surface area contributed by atoms with Crippen molar-refractivity contribution in [2.24, 2.45) is 0 Å². The number of aryl methyl sites for hydroxylation is 1. The van der Waals surface area contributed by atoms with E-state index in [-0.39, 0.29) is 6.61 Å². The van der Waals surface area contributed by atoms with Crippen LogP contribution in [0.3, 0.4) is 0 Å². The van der Waals surface area contributed by atoms with Crippen molar-refractivity contribution in [1.29, 1.82) is 0 Å². The van der Waals surface area contributed by atoms with E-state index < -0.39 is 0 Å². The lowest BCUT2D eigenvalue weighted by Crippen LogP contribution is -2.00. The van der Waals surface area contributed by atoms with Crippen LogP contribution >= 0.6 is 23.2 Å². The van der Waals surface area contributed by atoms with Crippen LogP contribution in [0.25, 0.3) is 22.6 Å². The minimum atomic E-state index is 0.206. The molecular formula is C22H16Cl2N4O. The molecule has 29 heavy (non-hydrogen) atoms. The summed E-state index contributed by atoms with van der Waals surface area (Å²) < 4.78 is 5.65. The highest BCUT2D eigenvalue weighted by Gasteiger charge is 2.09. The van der Waals surface area contributed by atoms with E-state index in [1.54, 1.807) is 36.8 Å². The van der Waals surface area contributed by atoms with Gasteiger partial charge in [0.15, 0.2) is 0 Å². The van der Waals surface area contributed by atoms with Crippen molar-refractivity contribution in [2.75, 3.05) is 0 Å². The molecule has 0 saturated carbocycles. The van der Waals surface area contributed by atoms with Crippen LogP contribution in [0.4, 0.5) is 0 Å². The lowest BCUT2D eigenvalue weighted by atomic mass is 10.1. The fourth-order valence-corrected chi connectivity index (χ4v) is 3.26. The first-order chi connectivity index (χ1) is 14.1. The third kappa shape index (κ3) is 4.53.